The molecule has 0 bridgehead atoms. The molecule has 5 heteroatoms. The molecule has 0 unspecified atom stereocenters. The van der Waals surface area contributed by atoms with E-state index in [2.05, 4.69) is 5.32 Å². The average Bonchev–Trinajstić information content (AvgIpc) is 2.93. The first-order valence-electron chi connectivity index (χ1n) is 7.48. The molecule has 1 aliphatic rings. The summed E-state index contributed by atoms with van der Waals surface area (Å²) in [6.07, 6.45) is 4.47. The number of carboxylic acid groups (broad SMARTS) is 1. The first-order chi connectivity index (χ1) is 10.1. The van der Waals surface area contributed by atoms with Crippen molar-refractivity contribution < 1.29 is 14.7 Å². The number of amides is 2. The number of nitrogens with one attached hydrogen (secondary N) is 1. The maximum absolute atomic E-state index is 12.4. The van der Waals surface area contributed by atoms with Crippen molar-refractivity contribution >= 4 is 17.7 Å². The molecule has 1 aromatic carbocycles. The normalized spacial score (nSPS) is 14.9. The van der Waals surface area contributed by atoms with Gasteiger partial charge in [0.15, 0.2) is 0 Å². The van der Waals surface area contributed by atoms with E-state index in [1.54, 1.807) is 24.3 Å². The lowest BCUT2D eigenvalue weighted by atomic mass is 10.1. The first-order valence-corrected chi connectivity index (χ1v) is 7.48. The van der Waals surface area contributed by atoms with Crippen LogP contribution < -0.4 is 5.32 Å². The predicted octanol–water partition coefficient (Wildman–Crippen LogP) is 3.11. The van der Waals surface area contributed by atoms with Gasteiger partial charge in [-0.2, -0.15) is 0 Å². The molecule has 0 heterocycles. The maximum atomic E-state index is 12.4. The van der Waals surface area contributed by atoms with Gasteiger partial charge in [0.25, 0.3) is 0 Å². The van der Waals surface area contributed by atoms with Crippen molar-refractivity contribution in [1.29, 1.82) is 0 Å². The van der Waals surface area contributed by atoms with Crippen LogP contribution in [0.4, 0.5) is 10.5 Å². The van der Waals surface area contributed by atoms with Gasteiger partial charge in [-0.3, -0.25) is 4.79 Å². The topological polar surface area (TPSA) is 69.6 Å². The third-order valence-electron chi connectivity index (χ3n) is 3.90. The molecule has 1 saturated carbocycles. The van der Waals surface area contributed by atoms with Crippen LogP contribution in [-0.4, -0.2) is 34.6 Å². The summed E-state index contributed by atoms with van der Waals surface area (Å²) in [4.78, 5) is 25.0. The molecule has 2 amide bonds. The minimum Gasteiger partial charge on any atom is -0.481 e. The summed E-state index contributed by atoms with van der Waals surface area (Å²) in [7, 11) is 0. The van der Waals surface area contributed by atoms with Crippen LogP contribution in [-0.2, 0) is 11.2 Å². The average molecular weight is 290 g/mol. The summed E-state index contributed by atoms with van der Waals surface area (Å²) in [5.74, 6) is -0.875. The molecular weight excluding hydrogens is 268 g/mol. The van der Waals surface area contributed by atoms with E-state index in [1.165, 1.54) is 12.8 Å². The molecule has 2 rings (SSSR count). The lowest BCUT2D eigenvalue weighted by molar-refractivity contribution is -0.136. The zero-order chi connectivity index (χ0) is 15.2. The Morgan fingerprint density at radius 1 is 1.33 bits per heavy atom. The van der Waals surface area contributed by atoms with Gasteiger partial charge in [-0.05, 0) is 37.5 Å². The quantitative estimate of drug-likeness (QED) is 0.875. The SMILES string of the molecule is CCN(C(=O)Nc1cccc(CC(=O)O)c1)C1CCCC1. The van der Waals surface area contributed by atoms with Crippen molar-refractivity contribution in [3.05, 3.63) is 29.8 Å². The van der Waals surface area contributed by atoms with E-state index in [0.29, 0.717) is 23.8 Å². The van der Waals surface area contributed by atoms with Crippen LogP contribution in [0, 0.1) is 0 Å². The standard InChI is InChI=1S/C16H22N2O3/c1-2-18(14-8-3-4-9-14)16(21)17-13-7-5-6-12(10-13)11-15(19)20/h5-7,10,14H,2-4,8-9,11H2,1H3,(H,17,21)(H,19,20). The molecule has 0 saturated heterocycles. The van der Waals surface area contributed by atoms with Gasteiger partial charge in [0, 0.05) is 18.3 Å². The Morgan fingerprint density at radius 2 is 2.05 bits per heavy atom. The van der Waals surface area contributed by atoms with Gasteiger partial charge < -0.3 is 15.3 Å². The van der Waals surface area contributed by atoms with E-state index in [4.69, 9.17) is 5.11 Å². The minimum absolute atomic E-state index is 0.0379. The van der Waals surface area contributed by atoms with Crippen LogP contribution >= 0.6 is 0 Å². The molecule has 1 aliphatic carbocycles. The molecule has 0 spiro atoms. The van der Waals surface area contributed by atoms with Gasteiger partial charge in [0.1, 0.15) is 0 Å². The molecule has 0 aliphatic heterocycles. The number of aliphatic carboxylic acids is 1. The third kappa shape index (κ3) is 4.21. The van der Waals surface area contributed by atoms with Gasteiger partial charge in [-0.15, -0.1) is 0 Å². The van der Waals surface area contributed by atoms with Crippen molar-refractivity contribution in [2.24, 2.45) is 0 Å². The molecule has 1 fully saturated rings. The highest BCUT2D eigenvalue weighted by atomic mass is 16.4. The van der Waals surface area contributed by atoms with E-state index in [9.17, 15) is 9.59 Å². The Hall–Kier alpha value is -2.04. The number of carboxylic acids is 1. The van der Waals surface area contributed by atoms with Crippen molar-refractivity contribution in [3.8, 4) is 0 Å². The van der Waals surface area contributed by atoms with E-state index in [1.807, 2.05) is 11.8 Å². The predicted molar refractivity (Wildman–Crippen MR) is 81.4 cm³/mol. The van der Waals surface area contributed by atoms with Crippen LogP contribution in [0.25, 0.3) is 0 Å². The Kier molecular flexibility index (Phi) is 5.20. The van der Waals surface area contributed by atoms with E-state index >= 15 is 0 Å². The highest BCUT2D eigenvalue weighted by Gasteiger charge is 2.25. The summed E-state index contributed by atoms with van der Waals surface area (Å²) >= 11 is 0. The fourth-order valence-electron chi connectivity index (χ4n) is 2.91. The lowest BCUT2D eigenvalue weighted by Crippen LogP contribution is -2.41. The number of carbonyl (C=O) groups excluding carboxylic acids is 1. The van der Waals surface area contributed by atoms with Crippen LogP contribution in [0.15, 0.2) is 24.3 Å². The van der Waals surface area contributed by atoms with E-state index < -0.39 is 5.97 Å². The number of rotatable bonds is 5. The largest absolute Gasteiger partial charge is 0.481 e. The number of hydrogen-bond donors (Lipinski definition) is 2. The van der Waals surface area contributed by atoms with Gasteiger partial charge in [0.2, 0.25) is 0 Å². The monoisotopic (exact) mass is 290 g/mol. The van der Waals surface area contributed by atoms with Crippen LogP contribution in [0.2, 0.25) is 0 Å². The van der Waals surface area contributed by atoms with Crippen molar-refractivity contribution in [3.63, 3.8) is 0 Å². The van der Waals surface area contributed by atoms with Crippen LogP contribution in [0.3, 0.4) is 0 Å². The van der Waals surface area contributed by atoms with Gasteiger partial charge >= 0.3 is 12.0 Å². The maximum Gasteiger partial charge on any atom is 0.322 e. The molecular formula is C16H22N2O3. The first kappa shape index (κ1) is 15.4. The van der Waals surface area contributed by atoms with Gasteiger partial charge in [-0.25, -0.2) is 4.79 Å². The molecule has 2 N–H and O–H groups in total. The third-order valence-corrected chi connectivity index (χ3v) is 3.90. The van der Waals surface area contributed by atoms with Crippen LogP contribution in [0.5, 0.6) is 0 Å². The van der Waals surface area contributed by atoms with Crippen molar-refractivity contribution in [1.82, 2.24) is 4.90 Å². The van der Waals surface area contributed by atoms with Gasteiger partial charge in [0.05, 0.1) is 6.42 Å². The molecule has 1 aromatic rings. The molecule has 0 atom stereocenters. The fourth-order valence-corrected chi connectivity index (χ4v) is 2.91. The number of hydrogen-bond acceptors (Lipinski definition) is 2. The number of anilines is 1. The fraction of sp³-hybridized carbons (Fsp3) is 0.500. The number of urea groups is 1. The summed E-state index contributed by atoms with van der Waals surface area (Å²) in [6.45, 7) is 2.67. The zero-order valence-corrected chi connectivity index (χ0v) is 12.3. The number of benzene rings is 1. The Bertz CT molecular complexity index is 510. The molecule has 21 heavy (non-hydrogen) atoms. The molecule has 5 nitrogen and oxygen atoms in total. The summed E-state index contributed by atoms with van der Waals surface area (Å²) in [6, 6.07) is 7.24. The Balaban J connectivity index is 2.02. The Labute approximate surface area is 125 Å². The second kappa shape index (κ2) is 7.11. The second-order valence-corrected chi connectivity index (χ2v) is 5.43. The number of carbonyl (C=O) groups is 2. The van der Waals surface area contributed by atoms with E-state index in [0.717, 1.165) is 12.8 Å². The van der Waals surface area contributed by atoms with Crippen LogP contribution in [0.1, 0.15) is 38.2 Å². The summed E-state index contributed by atoms with van der Waals surface area (Å²) in [5.41, 5.74) is 1.33. The lowest BCUT2D eigenvalue weighted by Gasteiger charge is -2.27. The molecule has 114 valence electrons. The van der Waals surface area contributed by atoms with E-state index in [-0.39, 0.29) is 12.5 Å². The summed E-state index contributed by atoms with van der Waals surface area (Å²) in [5, 5.41) is 11.7. The zero-order valence-electron chi connectivity index (χ0n) is 12.3. The highest BCUT2D eigenvalue weighted by molar-refractivity contribution is 5.89. The van der Waals surface area contributed by atoms with Crippen molar-refractivity contribution in [2.45, 2.75) is 45.1 Å². The second-order valence-electron chi connectivity index (χ2n) is 5.43. The molecule has 0 radical (unpaired) electrons. The van der Waals surface area contributed by atoms with Gasteiger partial charge in [-0.1, -0.05) is 25.0 Å². The Morgan fingerprint density at radius 3 is 2.67 bits per heavy atom. The summed E-state index contributed by atoms with van der Waals surface area (Å²) < 4.78 is 0. The minimum atomic E-state index is -0.875. The highest BCUT2D eigenvalue weighted by Crippen LogP contribution is 2.24. The molecule has 0 aromatic heterocycles. The number of nitrogens with zero attached hydrogens (tertiary/aromatic N) is 1. The smallest absolute Gasteiger partial charge is 0.322 e. The van der Waals surface area contributed by atoms with Crippen molar-refractivity contribution in [2.75, 3.05) is 11.9 Å².